The fourth-order valence-corrected chi connectivity index (χ4v) is 4.67. The van der Waals surface area contributed by atoms with E-state index in [0.717, 1.165) is 19.1 Å². The van der Waals surface area contributed by atoms with Crippen LogP contribution < -0.4 is 10.2 Å². The van der Waals surface area contributed by atoms with Crippen LogP contribution in [0.5, 0.6) is 0 Å². The molecule has 4 nitrogen and oxygen atoms in total. The smallest absolute Gasteiger partial charge is 0.185 e. The molecule has 2 aliphatic heterocycles. The maximum atomic E-state index is 4.90. The van der Waals surface area contributed by atoms with Gasteiger partial charge >= 0.3 is 0 Å². The third-order valence-corrected chi connectivity index (χ3v) is 5.79. The molecule has 21 heavy (non-hydrogen) atoms. The zero-order valence-electron chi connectivity index (χ0n) is 13.5. The largest absolute Gasteiger partial charge is 0.343 e. The lowest BCUT2D eigenvalue weighted by atomic mass is 9.97. The number of fused-ring (bicyclic) bond motifs is 1. The lowest BCUT2D eigenvalue weighted by Gasteiger charge is -2.47. The molecule has 0 aromatic carbocycles. The van der Waals surface area contributed by atoms with Crippen LogP contribution in [0.3, 0.4) is 0 Å². The van der Waals surface area contributed by atoms with Gasteiger partial charge in [-0.2, -0.15) is 0 Å². The standard InChI is InChI=1S/C16H28N4S/c1-4-17-13(3)15-11-21-16(18-15)20-10-14-7-5-6-8-19(14)9-12(20)2/h11-14,17H,4-10H2,1-3H3. The van der Waals surface area contributed by atoms with E-state index in [9.17, 15) is 0 Å². The van der Waals surface area contributed by atoms with Crippen LogP contribution in [0.1, 0.15) is 51.8 Å². The van der Waals surface area contributed by atoms with Gasteiger partial charge in [-0.25, -0.2) is 4.98 Å². The molecule has 1 aromatic heterocycles. The molecule has 118 valence electrons. The van der Waals surface area contributed by atoms with E-state index < -0.39 is 0 Å². The molecule has 3 atom stereocenters. The normalized spacial score (nSPS) is 28.4. The first kappa shape index (κ1) is 15.3. The van der Waals surface area contributed by atoms with Crippen molar-refractivity contribution >= 4 is 16.5 Å². The van der Waals surface area contributed by atoms with Crippen LogP contribution in [0.25, 0.3) is 0 Å². The highest BCUT2D eigenvalue weighted by atomic mass is 32.1. The number of nitrogens with one attached hydrogen (secondary N) is 1. The van der Waals surface area contributed by atoms with Gasteiger partial charge in [0, 0.05) is 36.6 Å². The van der Waals surface area contributed by atoms with Crippen LogP contribution in [0.2, 0.25) is 0 Å². The molecule has 2 fully saturated rings. The minimum atomic E-state index is 0.353. The van der Waals surface area contributed by atoms with Crippen molar-refractivity contribution in [3.8, 4) is 0 Å². The van der Waals surface area contributed by atoms with Crippen LogP contribution in [0.15, 0.2) is 5.38 Å². The summed E-state index contributed by atoms with van der Waals surface area (Å²) >= 11 is 1.81. The Kier molecular flexibility index (Phi) is 4.82. The van der Waals surface area contributed by atoms with Gasteiger partial charge < -0.3 is 10.2 Å². The number of piperazine rings is 1. The highest BCUT2D eigenvalue weighted by Crippen LogP contribution is 2.31. The van der Waals surface area contributed by atoms with E-state index in [2.05, 4.69) is 41.3 Å². The van der Waals surface area contributed by atoms with Crippen molar-refractivity contribution < 1.29 is 0 Å². The molecule has 3 heterocycles. The summed E-state index contributed by atoms with van der Waals surface area (Å²) in [5, 5.41) is 6.89. The van der Waals surface area contributed by atoms with Gasteiger partial charge in [-0.1, -0.05) is 13.3 Å². The summed E-state index contributed by atoms with van der Waals surface area (Å²) in [5.74, 6) is 0. The van der Waals surface area contributed by atoms with Gasteiger partial charge in [-0.15, -0.1) is 11.3 Å². The first-order valence-corrected chi connectivity index (χ1v) is 9.26. The van der Waals surface area contributed by atoms with Crippen molar-refractivity contribution in [2.24, 2.45) is 0 Å². The van der Waals surface area contributed by atoms with E-state index in [0.29, 0.717) is 12.1 Å². The zero-order valence-corrected chi connectivity index (χ0v) is 14.3. The second kappa shape index (κ2) is 6.63. The number of piperidine rings is 1. The summed E-state index contributed by atoms with van der Waals surface area (Å²) in [4.78, 5) is 10.1. The van der Waals surface area contributed by atoms with Gasteiger partial charge in [0.25, 0.3) is 0 Å². The Bertz CT molecular complexity index is 461. The summed E-state index contributed by atoms with van der Waals surface area (Å²) in [5.41, 5.74) is 1.19. The highest BCUT2D eigenvalue weighted by Gasteiger charge is 2.34. The second-order valence-corrected chi connectivity index (χ2v) is 7.32. The maximum Gasteiger partial charge on any atom is 0.185 e. The van der Waals surface area contributed by atoms with E-state index in [4.69, 9.17) is 4.98 Å². The van der Waals surface area contributed by atoms with Gasteiger partial charge in [0.15, 0.2) is 5.13 Å². The first-order valence-electron chi connectivity index (χ1n) is 8.38. The van der Waals surface area contributed by atoms with Crippen molar-refractivity contribution in [3.63, 3.8) is 0 Å². The Morgan fingerprint density at radius 1 is 1.43 bits per heavy atom. The summed E-state index contributed by atoms with van der Waals surface area (Å²) < 4.78 is 0. The number of hydrogen-bond donors (Lipinski definition) is 1. The molecule has 3 unspecified atom stereocenters. The second-order valence-electron chi connectivity index (χ2n) is 6.48. The highest BCUT2D eigenvalue weighted by molar-refractivity contribution is 7.13. The maximum absolute atomic E-state index is 4.90. The lowest BCUT2D eigenvalue weighted by molar-refractivity contribution is 0.115. The predicted octanol–water partition coefficient (Wildman–Crippen LogP) is 2.88. The fraction of sp³-hybridized carbons (Fsp3) is 0.812. The van der Waals surface area contributed by atoms with Gasteiger partial charge in [-0.05, 0) is 39.8 Å². The quantitative estimate of drug-likeness (QED) is 0.927. The number of hydrogen-bond acceptors (Lipinski definition) is 5. The molecule has 0 amide bonds. The zero-order chi connectivity index (χ0) is 14.8. The average Bonchev–Trinajstić information content (AvgIpc) is 2.96. The first-order chi connectivity index (χ1) is 10.2. The molecule has 0 aliphatic carbocycles. The third-order valence-electron chi connectivity index (χ3n) is 4.90. The van der Waals surface area contributed by atoms with E-state index in [1.165, 1.54) is 43.2 Å². The average molecular weight is 308 g/mol. The molecule has 2 saturated heterocycles. The Hall–Kier alpha value is -0.650. The van der Waals surface area contributed by atoms with Crippen LogP contribution in [-0.2, 0) is 0 Å². The molecule has 0 saturated carbocycles. The predicted molar refractivity (Wildman–Crippen MR) is 90.2 cm³/mol. The number of nitrogens with zero attached hydrogens (tertiary/aromatic N) is 3. The molecular formula is C16H28N4S. The van der Waals surface area contributed by atoms with E-state index in [1.54, 1.807) is 0 Å². The molecule has 0 spiro atoms. The Balaban J connectivity index is 1.71. The lowest BCUT2D eigenvalue weighted by Crippen LogP contribution is -2.58. The monoisotopic (exact) mass is 308 g/mol. The van der Waals surface area contributed by atoms with Crippen LogP contribution in [0, 0.1) is 0 Å². The summed E-state index contributed by atoms with van der Waals surface area (Å²) in [7, 11) is 0. The molecule has 1 N–H and O–H groups in total. The fourth-order valence-electron chi connectivity index (χ4n) is 3.64. The van der Waals surface area contributed by atoms with Gasteiger partial charge in [0.05, 0.1) is 5.69 Å². The van der Waals surface area contributed by atoms with Crippen LogP contribution >= 0.6 is 11.3 Å². The number of rotatable bonds is 4. The molecule has 1 aromatic rings. The summed E-state index contributed by atoms with van der Waals surface area (Å²) in [6.45, 7) is 11.3. The Labute approximate surface area is 132 Å². The minimum absolute atomic E-state index is 0.353. The van der Waals surface area contributed by atoms with Gasteiger partial charge in [-0.3, -0.25) is 4.90 Å². The van der Waals surface area contributed by atoms with Crippen LogP contribution in [0.4, 0.5) is 5.13 Å². The topological polar surface area (TPSA) is 31.4 Å². The number of thiazole rings is 1. The van der Waals surface area contributed by atoms with Crippen molar-refractivity contribution in [1.29, 1.82) is 0 Å². The van der Waals surface area contributed by atoms with Gasteiger partial charge in [0.1, 0.15) is 0 Å². The third kappa shape index (κ3) is 3.25. The van der Waals surface area contributed by atoms with Crippen molar-refractivity contribution in [1.82, 2.24) is 15.2 Å². The Morgan fingerprint density at radius 2 is 2.29 bits per heavy atom. The summed E-state index contributed by atoms with van der Waals surface area (Å²) in [6.07, 6.45) is 4.13. The molecular weight excluding hydrogens is 280 g/mol. The van der Waals surface area contributed by atoms with Crippen molar-refractivity contribution in [2.45, 2.75) is 58.2 Å². The van der Waals surface area contributed by atoms with Gasteiger partial charge in [0.2, 0.25) is 0 Å². The molecule has 3 rings (SSSR count). The number of aromatic nitrogens is 1. The Morgan fingerprint density at radius 3 is 3.10 bits per heavy atom. The van der Waals surface area contributed by atoms with Crippen molar-refractivity contribution in [2.75, 3.05) is 31.1 Å². The molecule has 2 aliphatic rings. The van der Waals surface area contributed by atoms with Crippen LogP contribution in [-0.4, -0.2) is 48.1 Å². The molecule has 0 radical (unpaired) electrons. The van der Waals surface area contributed by atoms with E-state index in [1.807, 2.05) is 11.3 Å². The minimum Gasteiger partial charge on any atom is -0.343 e. The van der Waals surface area contributed by atoms with E-state index in [-0.39, 0.29) is 0 Å². The molecule has 5 heteroatoms. The van der Waals surface area contributed by atoms with E-state index >= 15 is 0 Å². The SMILES string of the molecule is CCNC(C)c1csc(N2CC3CCCCN3CC2C)n1. The van der Waals surface area contributed by atoms with Crippen molar-refractivity contribution in [3.05, 3.63) is 11.1 Å². The number of anilines is 1. The molecule has 0 bridgehead atoms. The summed E-state index contributed by atoms with van der Waals surface area (Å²) in [6, 6.07) is 1.67.